The highest BCUT2D eigenvalue weighted by Gasteiger charge is 2.24. The van der Waals surface area contributed by atoms with Gasteiger partial charge in [-0.1, -0.05) is 36.4 Å². The van der Waals surface area contributed by atoms with Crippen molar-refractivity contribution in [3.63, 3.8) is 0 Å². The van der Waals surface area contributed by atoms with E-state index in [4.69, 9.17) is 9.47 Å². The van der Waals surface area contributed by atoms with E-state index in [0.29, 0.717) is 0 Å². The van der Waals surface area contributed by atoms with Crippen LogP contribution in [0.25, 0.3) is 10.8 Å². The lowest BCUT2D eigenvalue weighted by atomic mass is 9.98. The summed E-state index contributed by atoms with van der Waals surface area (Å²) in [7, 11) is 1.61. The number of nitrogens with one attached hydrogen (secondary N) is 1. The Hall–Kier alpha value is -3.41. The van der Waals surface area contributed by atoms with Crippen molar-refractivity contribution in [2.45, 2.75) is 25.9 Å². The summed E-state index contributed by atoms with van der Waals surface area (Å²) in [6.45, 7) is 3.17. The van der Waals surface area contributed by atoms with Crippen molar-refractivity contribution < 1.29 is 23.5 Å². The molecule has 1 amide bonds. The first-order valence-corrected chi connectivity index (χ1v) is 9.22. The van der Waals surface area contributed by atoms with E-state index in [1.165, 1.54) is 25.1 Å². The SMILES string of the molecule is COc1ccc2cc([C@H](C)C(=O)O[C@H](C)C(=O)Nc3ccccc3F)ccc2c1. The van der Waals surface area contributed by atoms with Gasteiger partial charge >= 0.3 is 5.97 Å². The van der Waals surface area contributed by atoms with Crippen molar-refractivity contribution >= 4 is 28.3 Å². The lowest BCUT2D eigenvalue weighted by molar-refractivity contribution is -0.154. The van der Waals surface area contributed by atoms with E-state index in [1.54, 1.807) is 20.1 Å². The standard InChI is InChI=1S/C23H22FNO4/c1-14(16-8-9-18-13-19(28-3)11-10-17(18)12-16)23(27)29-15(2)22(26)25-21-7-5-4-6-20(21)24/h4-15H,1-3H3,(H,25,26)/t14-,15+/m0/s1. The Morgan fingerprint density at radius 2 is 1.66 bits per heavy atom. The molecule has 5 nitrogen and oxygen atoms in total. The van der Waals surface area contributed by atoms with Crippen LogP contribution in [0.4, 0.5) is 10.1 Å². The van der Waals surface area contributed by atoms with Gasteiger partial charge in [0, 0.05) is 0 Å². The minimum Gasteiger partial charge on any atom is -0.497 e. The van der Waals surface area contributed by atoms with Gasteiger partial charge in [-0.25, -0.2) is 4.39 Å². The zero-order chi connectivity index (χ0) is 21.0. The normalized spacial score (nSPS) is 12.8. The summed E-state index contributed by atoms with van der Waals surface area (Å²) in [5.74, 6) is -1.49. The lowest BCUT2D eigenvalue weighted by Crippen LogP contribution is -2.31. The minimum atomic E-state index is -1.06. The molecule has 0 fully saturated rings. The summed E-state index contributed by atoms with van der Waals surface area (Å²) < 4.78 is 24.2. The fraction of sp³-hybridized carbons (Fsp3) is 0.217. The largest absolute Gasteiger partial charge is 0.497 e. The van der Waals surface area contributed by atoms with E-state index in [0.717, 1.165) is 22.1 Å². The second-order valence-corrected chi connectivity index (χ2v) is 6.74. The number of ether oxygens (including phenoxy) is 2. The number of anilines is 1. The zero-order valence-corrected chi connectivity index (χ0v) is 16.4. The second kappa shape index (κ2) is 8.73. The molecule has 2 atom stereocenters. The van der Waals surface area contributed by atoms with Gasteiger partial charge in [0.1, 0.15) is 11.6 Å². The molecule has 0 saturated heterocycles. The van der Waals surface area contributed by atoms with Crippen molar-refractivity contribution in [3.05, 3.63) is 72.0 Å². The highest BCUT2D eigenvalue weighted by Crippen LogP contribution is 2.26. The van der Waals surface area contributed by atoms with Gasteiger partial charge in [0.05, 0.1) is 18.7 Å². The maximum absolute atomic E-state index is 13.7. The van der Waals surface area contributed by atoms with Crippen LogP contribution in [0.1, 0.15) is 25.3 Å². The van der Waals surface area contributed by atoms with E-state index in [1.807, 2.05) is 36.4 Å². The molecule has 0 bridgehead atoms. The molecule has 150 valence electrons. The second-order valence-electron chi connectivity index (χ2n) is 6.74. The number of para-hydroxylation sites is 1. The summed E-state index contributed by atoms with van der Waals surface area (Å²) in [5.41, 5.74) is 0.813. The van der Waals surface area contributed by atoms with Gasteiger partial charge in [-0.05, 0) is 54.4 Å². The Kier molecular flexibility index (Phi) is 6.12. The Morgan fingerprint density at radius 1 is 0.966 bits per heavy atom. The highest BCUT2D eigenvalue weighted by molar-refractivity contribution is 5.95. The number of hydrogen-bond acceptors (Lipinski definition) is 4. The predicted octanol–water partition coefficient (Wildman–Crippen LogP) is 4.66. The van der Waals surface area contributed by atoms with Crippen LogP contribution in [0.3, 0.4) is 0 Å². The summed E-state index contributed by atoms with van der Waals surface area (Å²) >= 11 is 0. The van der Waals surface area contributed by atoms with E-state index in [-0.39, 0.29) is 5.69 Å². The van der Waals surface area contributed by atoms with Gasteiger partial charge in [0.25, 0.3) is 5.91 Å². The third-order valence-electron chi connectivity index (χ3n) is 4.72. The minimum absolute atomic E-state index is 0.0402. The summed E-state index contributed by atoms with van der Waals surface area (Å²) in [6, 6.07) is 17.1. The van der Waals surface area contributed by atoms with Gasteiger partial charge < -0.3 is 14.8 Å². The van der Waals surface area contributed by atoms with Crippen molar-refractivity contribution in [2.75, 3.05) is 12.4 Å². The molecule has 1 N–H and O–H groups in total. The molecule has 0 heterocycles. The number of halogens is 1. The summed E-state index contributed by atoms with van der Waals surface area (Å²) in [6.07, 6.45) is -1.06. The number of esters is 1. The predicted molar refractivity (Wildman–Crippen MR) is 109 cm³/mol. The molecule has 0 aliphatic heterocycles. The fourth-order valence-electron chi connectivity index (χ4n) is 2.90. The van der Waals surface area contributed by atoms with E-state index >= 15 is 0 Å². The average molecular weight is 395 g/mol. The van der Waals surface area contributed by atoms with E-state index < -0.39 is 29.7 Å². The number of methoxy groups -OCH3 is 1. The first kappa shape index (κ1) is 20.3. The third-order valence-corrected chi connectivity index (χ3v) is 4.72. The van der Waals surface area contributed by atoms with Crippen LogP contribution in [-0.2, 0) is 14.3 Å². The number of fused-ring (bicyclic) bond motifs is 1. The molecular weight excluding hydrogens is 373 g/mol. The van der Waals surface area contributed by atoms with E-state index in [2.05, 4.69) is 5.32 Å². The molecule has 0 saturated carbocycles. The Bertz CT molecular complexity index is 1050. The molecule has 3 aromatic rings. The van der Waals surface area contributed by atoms with Crippen LogP contribution in [0, 0.1) is 5.82 Å². The highest BCUT2D eigenvalue weighted by atomic mass is 19.1. The molecular formula is C23H22FNO4. The molecule has 3 rings (SSSR count). The number of carbonyl (C=O) groups is 2. The van der Waals surface area contributed by atoms with E-state index in [9.17, 15) is 14.0 Å². The summed E-state index contributed by atoms with van der Waals surface area (Å²) in [5, 5.41) is 4.38. The van der Waals surface area contributed by atoms with Crippen molar-refractivity contribution in [2.24, 2.45) is 0 Å². The van der Waals surface area contributed by atoms with Crippen molar-refractivity contribution in [1.82, 2.24) is 0 Å². The molecule has 6 heteroatoms. The van der Waals surface area contributed by atoms with Crippen molar-refractivity contribution in [3.8, 4) is 5.75 Å². The Morgan fingerprint density at radius 3 is 2.38 bits per heavy atom. The smallest absolute Gasteiger partial charge is 0.313 e. The molecule has 0 aliphatic carbocycles. The number of amides is 1. The van der Waals surface area contributed by atoms with Crippen LogP contribution in [0.5, 0.6) is 5.75 Å². The van der Waals surface area contributed by atoms with Gasteiger partial charge in [-0.15, -0.1) is 0 Å². The van der Waals surface area contributed by atoms with Crippen LogP contribution < -0.4 is 10.1 Å². The number of rotatable bonds is 6. The quantitative estimate of drug-likeness (QED) is 0.617. The topological polar surface area (TPSA) is 64.6 Å². The van der Waals surface area contributed by atoms with Crippen molar-refractivity contribution in [1.29, 1.82) is 0 Å². The average Bonchev–Trinajstić information content (AvgIpc) is 2.73. The van der Waals surface area contributed by atoms with Gasteiger partial charge in [0.15, 0.2) is 6.10 Å². The lowest BCUT2D eigenvalue weighted by Gasteiger charge is -2.17. The maximum Gasteiger partial charge on any atom is 0.313 e. The molecule has 3 aromatic carbocycles. The molecule has 0 radical (unpaired) electrons. The van der Waals surface area contributed by atoms with Gasteiger partial charge in [-0.3, -0.25) is 9.59 Å². The van der Waals surface area contributed by atoms with Crippen LogP contribution in [0.2, 0.25) is 0 Å². The Labute approximate surface area is 168 Å². The summed E-state index contributed by atoms with van der Waals surface area (Å²) in [4.78, 5) is 24.7. The monoisotopic (exact) mass is 395 g/mol. The molecule has 0 spiro atoms. The number of hydrogen-bond donors (Lipinski definition) is 1. The first-order chi connectivity index (χ1) is 13.9. The zero-order valence-electron chi connectivity index (χ0n) is 16.4. The molecule has 0 aliphatic rings. The number of carbonyl (C=O) groups excluding carboxylic acids is 2. The first-order valence-electron chi connectivity index (χ1n) is 9.22. The maximum atomic E-state index is 13.7. The van der Waals surface area contributed by atoms with Crippen LogP contribution in [0.15, 0.2) is 60.7 Å². The van der Waals surface area contributed by atoms with Gasteiger partial charge in [0.2, 0.25) is 0 Å². The molecule has 0 aromatic heterocycles. The fourth-order valence-corrected chi connectivity index (χ4v) is 2.90. The number of benzene rings is 3. The molecule has 29 heavy (non-hydrogen) atoms. The van der Waals surface area contributed by atoms with Gasteiger partial charge in [-0.2, -0.15) is 0 Å². The Balaban J connectivity index is 1.67. The van der Waals surface area contributed by atoms with Crippen LogP contribution >= 0.6 is 0 Å². The molecule has 0 unspecified atom stereocenters. The van der Waals surface area contributed by atoms with Crippen LogP contribution in [-0.4, -0.2) is 25.1 Å². The third kappa shape index (κ3) is 4.71.